The fourth-order valence-corrected chi connectivity index (χ4v) is 3.10. The summed E-state index contributed by atoms with van der Waals surface area (Å²) in [6.45, 7) is 0.0132. The molecule has 2 heterocycles. The number of aromatic nitrogens is 2. The maximum Gasteiger partial charge on any atom is 0.338 e. The first-order chi connectivity index (χ1) is 13.1. The molecule has 1 aliphatic heterocycles. The fraction of sp³-hybridized carbons (Fsp3) is 0.150. The second-order valence-electron chi connectivity index (χ2n) is 6.09. The molecule has 0 aliphatic carbocycles. The predicted octanol–water partition coefficient (Wildman–Crippen LogP) is 2.01. The quantitative estimate of drug-likeness (QED) is 0.715. The first-order valence-corrected chi connectivity index (χ1v) is 8.41. The van der Waals surface area contributed by atoms with Gasteiger partial charge in [0.05, 0.1) is 5.56 Å². The number of aromatic amines is 1. The molecule has 0 unspecified atom stereocenters. The van der Waals surface area contributed by atoms with Crippen molar-refractivity contribution in [2.24, 2.45) is 0 Å². The first kappa shape index (κ1) is 17.0. The highest BCUT2D eigenvalue weighted by atomic mass is 16.6. The molecule has 7 nitrogen and oxygen atoms in total. The third kappa shape index (κ3) is 3.32. The molecule has 2 aromatic carbocycles. The average molecular weight is 364 g/mol. The van der Waals surface area contributed by atoms with Gasteiger partial charge in [0.15, 0.2) is 6.23 Å². The van der Waals surface area contributed by atoms with E-state index in [2.05, 4.69) is 4.98 Å². The van der Waals surface area contributed by atoms with Crippen LogP contribution in [0, 0.1) is 0 Å². The van der Waals surface area contributed by atoms with Gasteiger partial charge in [-0.15, -0.1) is 0 Å². The molecule has 0 saturated heterocycles. The van der Waals surface area contributed by atoms with Gasteiger partial charge in [0, 0.05) is 17.8 Å². The van der Waals surface area contributed by atoms with Gasteiger partial charge in [-0.25, -0.2) is 9.59 Å². The summed E-state index contributed by atoms with van der Waals surface area (Å²) in [5, 5.41) is 0. The number of rotatable bonds is 4. The number of carbonyl (C=O) groups excluding carboxylic acids is 1. The maximum atomic E-state index is 12.2. The third-order valence-electron chi connectivity index (χ3n) is 4.38. The number of hydrogen-bond donors (Lipinski definition) is 1. The molecule has 0 bridgehead atoms. The van der Waals surface area contributed by atoms with Crippen LogP contribution in [0.1, 0.15) is 33.8 Å². The molecule has 2 atom stereocenters. The van der Waals surface area contributed by atoms with Gasteiger partial charge in [0.1, 0.15) is 12.7 Å². The van der Waals surface area contributed by atoms with Crippen LogP contribution in [0.25, 0.3) is 0 Å². The molecule has 1 aromatic heterocycles. The highest BCUT2D eigenvalue weighted by Crippen LogP contribution is 2.39. The summed E-state index contributed by atoms with van der Waals surface area (Å²) in [5.41, 5.74) is 1.03. The Morgan fingerprint density at radius 1 is 1.00 bits per heavy atom. The fourth-order valence-electron chi connectivity index (χ4n) is 3.10. The van der Waals surface area contributed by atoms with Gasteiger partial charge in [-0.2, -0.15) is 0 Å². The van der Waals surface area contributed by atoms with Crippen molar-refractivity contribution in [1.82, 2.24) is 9.55 Å². The monoisotopic (exact) mass is 364 g/mol. The van der Waals surface area contributed by atoms with Crippen LogP contribution in [-0.4, -0.2) is 22.1 Å². The van der Waals surface area contributed by atoms with E-state index in [4.69, 9.17) is 9.47 Å². The van der Waals surface area contributed by atoms with E-state index in [1.807, 2.05) is 30.3 Å². The Balaban J connectivity index is 1.58. The van der Waals surface area contributed by atoms with Crippen LogP contribution in [0.4, 0.5) is 0 Å². The van der Waals surface area contributed by atoms with E-state index in [0.29, 0.717) is 5.56 Å². The third-order valence-corrected chi connectivity index (χ3v) is 4.38. The molecule has 0 amide bonds. The number of H-pyrrole nitrogens is 1. The lowest BCUT2D eigenvalue weighted by molar-refractivity contribution is -0.0428. The number of esters is 1. The van der Waals surface area contributed by atoms with Crippen LogP contribution >= 0.6 is 0 Å². The van der Waals surface area contributed by atoms with Gasteiger partial charge in [0.25, 0.3) is 5.56 Å². The van der Waals surface area contributed by atoms with Crippen molar-refractivity contribution in [1.29, 1.82) is 0 Å². The predicted molar refractivity (Wildman–Crippen MR) is 96.5 cm³/mol. The summed E-state index contributed by atoms with van der Waals surface area (Å²) < 4.78 is 12.7. The minimum atomic E-state index is -0.703. The Bertz CT molecular complexity index is 1090. The zero-order valence-corrected chi connectivity index (χ0v) is 14.2. The van der Waals surface area contributed by atoms with Crippen LogP contribution in [0.3, 0.4) is 0 Å². The molecule has 0 saturated carbocycles. The van der Waals surface area contributed by atoms with E-state index in [1.165, 1.54) is 16.8 Å². The number of carbonyl (C=O) groups is 1. The second-order valence-corrected chi connectivity index (χ2v) is 6.09. The number of hydrogen-bond acceptors (Lipinski definition) is 5. The summed E-state index contributed by atoms with van der Waals surface area (Å²) in [6, 6.07) is 17.4. The molecule has 1 N–H and O–H groups in total. The largest absolute Gasteiger partial charge is 0.459 e. The van der Waals surface area contributed by atoms with E-state index in [1.54, 1.807) is 24.3 Å². The van der Waals surface area contributed by atoms with Crippen molar-refractivity contribution in [2.75, 3.05) is 6.61 Å². The Labute approximate surface area is 153 Å². The first-order valence-electron chi connectivity index (χ1n) is 8.41. The molecule has 3 aromatic rings. The maximum absolute atomic E-state index is 12.2. The topological polar surface area (TPSA) is 90.4 Å². The molecule has 0 radical (unpaired) electrons. The van der Waals surface area contributed by atoms with Crippen LogP contribution < -0.4 is 11.2 Å². The molecular weight excluding hydrogens is 348 g/mol. The standard InChI is InChI=1S/C20H16N2O5/c23-17-10-11-22(20(25)21-17)18-15-9-5-4-8-14(15)16(27-18)12-26-19(24)13-6-2-1-3-7-13/h1-11,16,18H,12H2,(H,21,23,25)/t16-,18-/m1/s1. The molecule has 136 valence electrons. The lowest BCUT2D eigenvalue weighted by atomic mass is 10.0. The smallest absolute Gasteiger partial charge is 0.338 e. The average Bonchev–Trinajstić information content (AvgIpc) is 3.05. The van der Waals surface area contributed by atoms with Gasteiger partial charge in [-0.1, -0.05) is 42.5 Å². The zero-order valence-electron chi connectivity index (χ0n) is 14.2. The normalized spacial score (nSPS) is 18.1. The van der Waals surface area contributed by atoms with E-state index < -0.39 is 29.6 Å². The number of nitrogens with zero attached hydrogens (tertiary/aromatic N) is 1. The van der Waals surface area contributed by atoms with E-state index >= 15 is 0 Å². The number of ether oxygens (including phenoxy) is 2. The number of benzene rings is 2. The van der Waals surface area contributed by atoms with Crippen molar-refractivity contribution < 1.29 is 14.3 Å². The minimum absolute atomic E-state index is 0.0132. The summed E-state index contributed by atoms with van der Waals surface area (Å²) in [6.07, 6.45) is 0.171. The molecule has 4 rings (SSSR count). The summed E-state index contributed by atoms with van der Waals surface area (Å²) >= 11 is 0. The highest BCUT2D eigenvalue weighted by molar-refractivity contribution is 5.89. The van der Waals surface area contributed by atoms with Crippen molar-refractivity contribution in [3.63, 3.8) is 0 Å². The SMILES string of the molecule is O=C(OC[C@H]1O[C@@H](n2ccc(=O)[nH]c2=O)c2ccccc21)c1ccccc1. The summed E-state index contributed by atoms with van der Waals surface area (Å²) in [4.78, 5) is 37.9. The van der Waals surface area contributed by atoms with Gasteiger partial charge in [0.2, 0.25) is 0 Å². The second kappa shape index (κ2) is 7.05. The van der Waals surface area contributed by atoms with E-state index in [-0.39, 0.29) is 6.61 Å². The Morgan fingerprint density at radius 2 is 1.70 bits per heavy atom. The van der Waals surface area contributed by atoms with Crippen molar-refractivity contribution in [2.45, 2.75) is 12.3 Å². The van der Waals surface area contributed by atoms with Crippen LogP contribution in [0.2, 0.25) is 0 Å². The van der Waals surface area contributed by atoms with Crippen molar-refractivity contribution in [3.8, 4) is 0 Å². The number of nitrogens with one attached hydrogen (secondary N) is 1. The zero-order chi connectivity index (χ0) is 18.8. The summed E-state index contributed by atoms with van der Waals surface area (Å²) in [7, 11) is 0. The molecule has 27 heavy (non-hydrogen) atoms. The van der Waals surface area contributed by atoms with Crippen molar-refractivity contribution >= 4 is 5.97 Å². The Kier molecular flexibility index (Phi) is 4.43. The van der Waals surface area contributed by atoms with Crippen LogP contribution in [0.5, 0.6) is 0 Å². The van der Waals surface area contributed by atoms with Gasteiger partial charge < -0.3 is 9.47 Å². The van der Waals surface area contributed by atoms with Crippen LogP contribution in [-0.2, 0) is 9.47 Å². The summed E-state index contributed by atoms with van der Waals surface area (Å²) in [5.74, 6) is -0.443. The molecule has 0 fully saturated rings. The van der Waals surface area contributed by atoms with Gasteiger partial charge in [-0.3, -0.25) is 14.3 Å². The van der Waals surface area contributed by atoms with E-state index in [9.17, 15) is 14.4 Å². The molecule has 1 aliphatic rings. The molecule has 0 spiro atoms. The minimum Gasteiger partial charge on any atom is -0.459 e. The highest BCUT2D eigenvalue weighted by Gasteiger charge is 2.34. The van der Waals surface area contributed by atoms with E-state index in [0.717, 1.165) is 11.1 Å². The van der Waals surface area contributed by atoms with Crippen LogP contribution in [0.15, 0.2) is 76.4 Å². The molecular formula is C20H16N2O5. The van der Waals surface area contributed by atoms with Gasteiger partial charge in [-0.05, 0) is 17.7 Å². The number of fused-ring (bicyclic) bond motifs is 1. The Hall–Kier alpha value is -3.45. The lowest BCUT2D eigenvalue weighted by Crippen LogP contribution is -2.32. The Morgan fingerprint density at radius 3 is 2.44 bits per heavy atom. The lowest BCUT2D eigenvalue weighted by Gasteiger charge is -2.16. The van der Waals surface area contributed by atoms with Gasteiger partial charge >= 0.3 is 11.7 Å². The molecule has 7 heteroatoms. The van der Waals surface area contributed by atoms with Crippen molar-refractivity contribution in [3.05, 3.63) is 104 Å².